The van der Waals surface area contributed by atoms with Gasteiger partial charge >= 0.3 is 5.97 Å². The van der Waals surface area contributed by atoms with E-state index in [1.807, 2.05) is 51.1 Å². The van der Waals surface area contributed by atoms with Crippen molar-refractivity contribution < 1.29 is 14.7 Å². The standard InChI is InChI=1S/C16H23NO3/c1-11(2)9-14(16(19)20)10-17-15(18)12(3)13-7-5-4-6-8-13/h4-8,11-12,14H,9-10H2,1-3H3,(H,17,18)(H,19,20)/t12-,14?/m0/s1. The second-order valence-electron chi connectivity index (χ2n) is 5.54. The van der Waals surface area contributed by atoms with Crippen LogP contribution in [0.25, 0.3) is 0 Å². The van der Waals surface area contributed by atoms with Crippen molar-refractivity contribution in [2.24, 2.45) is 11.8 Å². The van der Waals surface area contributed by atoms with Crippen molar-refractivity contribution in [3.05, 3.63) is 35.9 Å². The third-order valence-electron chi connectivity index (χ3n) is 3.32. The zero-order valence-electron chi connectivity index (χ0n) is 12.3. The lowest BCUT2D eigenvalue weighted by molar-refractivity contribution is -0.142. The van der Waals surface area contributed by atoms with Crippen LogP contribution >= 0.6 is 0 Å². The first kappa shape index (κ1) is 16.2. The van der Waals surface area contributed by atoms with E-state index in [0.717, 1.165) is 5.56 Å². The second-order valence-corrected chi connectivity index (χ2v) is 5.54. The highest BCUT2D eigenvalue weighted by Gasteiger charge is 2.21. The maximum Gasteiger partial charge on any atom is 0.308 e. The number of rotatable bonds is 7. The summed E-state index contributed by atoms with van der Waals surface area (Å²) < 4.78 is 0. The SMILES string of the molecule is CC(C)CC(CNC(=O)[C@@H](C)c1ccccc1)C(=O)O. The van der Waals surface area contributed by atoms with Crippen LogP contribution in [0.15, 0.2) is 30.3 Å². The molecule has 0 aromatic heterocycles. The summed E-state index contributed by atoms with van der Waals surface area (Å²) >= 11 is 0. The number of benzene rings is 1. The van der Waals surface area contributed by atoms with Crippen LogP contribution in [-0.4, -0.2) is 23.5 Å². The monoisotopic (exact) mass is 277 g/mol. The number of carbonyl (C=O) groups excluding carboxylic acids is 1. The van der Waals surface area contributed by atoms with E-state index < -0.39 is 11.9 Å². The van der Waals surface area contributed by atoms with Crippen molar-refractivity contribution in [2.75, 3.05) is 6.54 Å². The van der Waals surface area contributed by atoms with Crippen molar-refractivity contribution in [1.29, 1.82) is 0 Å². The number of nitrogens with one attached hydrogen (secondary N) is 1. The van der Waals surface area contributed by atoms with Crippen LogP contribution in [-0.2, 0) is 9.59 Å². The molecule has 1 aromatic carbocycles. The highest BCUT2D eigenvalue weighted by molar-refractivity contribution is 5.83. The van der Waals surface area contributed by atoms with Gasteiger partial charge in [-0.2, -0.15) is 0 Å². The summed E-state index contributed by atoms with van der Waals surface area (Å²) in [6.07, 6.45) is 0.565. The average Bonchev–Trinajstić information content (AvgIpc) is 2.42. The molecule has 0 fully saturated rings. The number of amides is 1. The second kappa shape index (κ2) is 7.68. The fourth-order valence-corrected chi connectivity index (χ4v) is 2.11. The van der Waals surface area contributed by atoms with E-state index in [-0.39, 0.29) is 18.4 Å². The highest BCUT2D eigenvalue weighted by atomic mass is 16.4. The molecule has 0 aliphatic carbocycles. The first-order valence-electron chi connectivity index (χ1n) is 6.97. The Labute approximate surface area is 120 Å². The van der Waals surface area contributed by atoms with Gasteiger partial charge in [-0.05, 0) is 24.8 Å². The van der Waals surface area contributed by atoms with E-state index >= 15 is 0 Å². The molecule has 0 saturated heterocycles. The summed E-state index contributed by atoms with van der Waals surface area (Å²) in [6.45, 7) is 5.96. The van der Waals surface area contributed by atoms with Gasteiger partial charge in [-0.15, -0.1) is 0 Å². The van der Waals surface area contributed by atoms with Crippen LogP contribution in [0.3, 0.4) is 0 Å². The van der Waals surface area contributed by atoms with Gasteiger partial charge in [0.2, 0.25) is 5.91 Å². The molecule has 1 rings (SSSR count). The topological polar surface area (TPSA) is 66.4 Å². The molecule has 20 heavy (non-hydrogen) atoms. The zero-order chi connectivity index (χ0) is 15.1. The minimum atomic E-state index is -0.855. The van der Waals surface area contributed by atoms with Crippen molar-refractivity contribution in [3.8, 4) is 0 Å². The van der Waals surface area contributed by atoms with Gasteiger partial charge in [-0.1, -0.05) is 44.2 Å². The molecule has 110 valence electrons. The van der Waals surface area contributed by atoms with Crippen LogP contribution in [0.1, 0.15) is 38.7 Å². The molecule has 1 amide bonds. The minimum absolute atomic E-state index is 0.133. The van der Waals surface area contributed by atoms with Gasteiger partial charge in [0.1, 0.15) is 0 Å². The van der Waals surface area contributed by atoms with Gasteiger partial charge in [-0.25, -0.2) is 0 Å². The predicted octanol–water partition coefficient (Wildman–Crippen LogP) is 2.65. The molecular formula is C16H23NO3. The third-order valence-corrected chi connectivity index (χ3v) is 3.32. The van der Waals surface area contributed by atoms with Crippen LogP contribution in [0, 0.1) is 11.8 Å². The summed E-state index contributed by atoms with van der Waals surface area (Å²) in [5.74, 6) is -1.50. The molecule has 0 aliphatic rings. The summed E-state index contributed by atoms with van der Waals surface area (Å²) in [4.78, 5) is 23.2. The third kappa shape index (κ3) is 5.03. The molecule has 0 bridgehead atoms. The highest BCUT2D eigenvalue weighted by Crippen LogP contribution is 2.15. The number of carbonyl (C=O) groups is 2. The van der Waals surface area contributed by atoms with Gasteiger partial charge in [0, 0.05) is 6.54 Å². The molecule has 4 heteroatoms. The van der Waals surface area contributed by atoms with E-state index in [9.17, 15) is 9.59 Å². The molecule has 0 spiro atoms. The lowest BCUT2D eigenvalue weighted by Crippen LogP contribution is -2.35. The molecule has 0 aliphatic heterocycles. The van der Waals surface area contributed by atoms with Gasteiger partial charge in [0.15, 0.2) is 0 Å². The Bertz CT molecular complexity index is 442. The molecular weight excluding hydrogens is 254 g/mol. The molecule has 2 N–H and O–H groups in total. The minimum Gasteiger partial charge on any atom is -0.481 e. The fourth-order valence-electron chi connectivity index (χ4n) is 2.11. The van der Waals surface area contributed by atoms with Crippen LogP contribution in [0.2, 0.25) is 0 Å². The van der Waals surface area contributed by atoms with Crippen LogP contribution in [0.4, 0.5) is 0 Å². The lowest BCUT2D eigenvalue weighted by Gasteiger charge is -2.17. The van der Waals surface area contributed by atoms with Crippen molar-refractivity contribution >= 4 is 11.9 Å². The van der Waals surface area contributed by atoms with Gasteiger partial charge in [-0.3, -0.25) is 9.59 Å². The Morgan fingerprint density at radius 2 is 1.75 bits per heavy atom. The van der Waals surface area contributed by atoms with E-state index in [2.05, 4.69) is 5.32 Å². The Morgan fingerprint density at radius 3 is 2.25 bits per heavy atom. The fraction of sp³-hybridized carbons (Fsp3) is 0.500. The normalized spacial score (nSPS) is 13.8. The maximum atomic E-state index is 12.1. The van der Waals surface area contributed by atoms with Crippen LogP contribution in [0.5, 0.6) is 0 Å². The van der Waals surface area contributed by atoms with Crippen LogP contribution < -0.4 is 5.32 Å². The summed E-state index contributed by atoms with van der Waals surface area (Å²) in [5.41, 5.74) is 0.931. The largest absolute Gasteiger partial charge is 0.481 e. The van der Waals surface area contributed by atoms with E-state index in [0.29, 0.717) is 12.3 Å². The Morgan fingerprint density at radius 1 is 1.15 bits per heavy atom. The number of carboxylic acid groups (broad SMARTS) is 1. The number of carboxylic acids is 1. The quantitative estimate of drug-likeness (QED) is 0.805. The number of hydrogen-bond acceptors (Lipinski definition) is 2. The zero-order valence-corrected chi connectivity index (χ0v) is 12.3. The summed E-state index contributed by atoms with van der Waals surface area (Å²) in [7, 11) is 0. The molecule has 2 atom stereocenters. The van der Waals surface area contributed by atoms with Crippen molar-refractivity contribution in [3.63, 3.8) is 0 Å². The molecule has 1 unspecified atom stereocenters. The summed E-state index contributed by atoms with van der Waals surface area (Å²) in [5, 5.41) is 11.9. The van der Waals surface area contributed by atoms with Gasteiger partial charge < -0.3 is 10.4 Å². The molecule has 4 nitrogen and oxygen atoms in total. The Hall–Kier alpha value is -1.84. The number of aliphatic carboxylic acids is 1. The Balaban J connectivity index is 2.55. The molecule has 1 aromatic rings. The van der Waals surface area contributed by atoms with Gasteiger partial charge in [0.05, 0.1) is 11.8 Å². The first-order chi connectivity index (χ1) is 9.41. The van der Waals surface area contributed by atoms with Crippen molar-refractivity contribution in [1.82, 2.24) is 5.32 Å². The van der Waals surface area contributed by atoms with Crippen molar-refractivity contribution in [2.45, 2.75) is 33.1 Å². The van der Waals surface area contributed by atoms with Gasteiger partial charge in [0.25, 0.3) is 0 Å². The molecule has 0 radical (unpaired) electrons. The molecule has 0 heterocycles. The summed E-state index contributed by atoms with van der Waals surface area (Å²) in [6, 6.07) is 9.47. The number of hydrogen-bond donors (Lipinski definition) is 2. The Kier molecular flexibility index (Phi) is 6.22. The first-order valence-corrected chi connectivity index (χ1v) is 6.97. The maximum absolute atomic E-state index is 12.1. The molecule has 0 saturated carbocycles. The van der Waals surface area contributed by atoms with E-state index in [1.54, 1.807) is 0 Å². The van der Waals surface area contributed by atoms with E-state index in [1.165, 1.54) is 0 Å². The van der Waals surface area contributed by atoms with E-state index in [4.69, 9.17) is 5.11 Å². The smallest absolute Gasteiger partial charge is 0.308 e. The predicted molar refractivity (Wildman–Crippen MR) is 78.4 cm³/mol. The lowest BCUT2D eigenvalue weighted by atomic mass is 9.96. The average molecular weight is 277 g/mol.